The van der Waals surface area contributed by atoms with E-state index in [2.05, 4.69) is 16.0 Å². The van der Waals surface area contributed by atoms with Crippen molar-refractivity contribution in [3.8, 4) is 11.1 Å². The van der Waals surface area contributed by atoms with Crippen LogP contribution >= 0.6 is 0 Å². The summed E-state index contributed by atoms with van der Waals surface area (Å²) in [7, 11) is 0. The largest absolute Gasteiger partial charge is 0.388 e. The van der Waals surface area contributed by atoms with Crippen LogP contribution in [0.4, 0.5) is 0 Å². The highest BCUT2D eigenvalue weighted by atomic mass is 16.5. The lowest BCUT2D eigenvalue weighted by Gasteiger charge is -2.29. The molecular weight excluding hydrogens is 330 g/mol. The number of nitrogens with one attached hydrogen (secondary N) is 1. The molecule has 3 heterocycles. The Labute approximate surface area is 151 Å². The first-order valence-electron chi connectivity index (χ1n) is 8.77. The van der Waals surface area contributed by atoms with Gasteiger partial charge in [0.05, 0.1) is 25.4 Å². The molecule has 1 fully saturated rings. The first-order valence-corrected chi connectivity index (χ1v) is 8.77. The number of H-pyrrole nitrogens is 1. The van der Waals surface area contributed by atoms with E-state index in [-0.39, 0.29) is 18.6 Å². The molecule has 1 amide bonds. The molecule has 1 aliphatic rings. The third-order valence-electron chi connectivity index (χ3n) is 4.87. The third kappa shape index (κ3) is 2.98. The molecule has 0 aliphatic carbocycles. The molecule has 1 saturated heterocycles. The maximum atomic E-state index is 13.0. The first kappa shape index (κ1) is 16.8. The van der Waals surface area contributed by atoms with Crippen molar-refractivity contribution in [2.24, 2.45) is 0 Å². The molecule has 0 unspecified atom stereocenters. The Balaban J connectivity index is 1.65. The maximum Gasteiger partial charge on any atom is 0.254 e. The second-order valence-electron chi connectivity index (χ2n) is 6.48. The van der Waals surface area contributed by atoms with Crippen LogP contribution in [0.5, 0.6) is 0 Å². The molecule has 2 N–H and O–H groups in total. The smallest absolute Gasteiger partial charge is 0.254 e. The summed E-state index contributed by atoms with van der Waals surface area (Å²) in [5.41, 5.74) is 3.33. The zero-order valence-corrected chi connectivity index (χ0v) is 14.6. The van der Waals surface area contributed by atoms with Crippen LogP contribution in [0.2, 0.25) is 0 Å². The Morgan fingerprint density at radius 1 is 1.31 bits per heavy atom. The van der Waals surface area contributed by atoms with Crippen molar-refractivity contribution in [1.82, 2.24) is 14.9 Å². The van der Waals surface area contributed by atoms with E-state index in [1.165, 1.54) is 0 Å². The number of rotatable bonds is 4. The number of aliphatic hydroxyl groups is 1. The molecule has 0 bridgehead atoms. The number of carbonyl (C=O) groups excluding carboxylic acids is 1. The van der Waals surface area contributed by atoms with Gasteiger partial charge in [-0.1, -0.05) is 12.1 Å². The summed E-state index contributed by atoms with van der Waals surface area (Å²) in [5, 5.41) is 11.1. The second-order valence-corrected chi connectivity index (χ2v) is 6.48. The average Bonchev–Trinajstić information content (AvgIpc) is 3.31. The fourth-order valence-corrected chi connectivity index (χ4v) is 3.45. The van der Waals surface area contributed by atoms with Gasteiger partial charge in [-0.15, -0.1) is 0 Å². The van der Waals surface area contributed by atoms with E-state index in [1.807, 2.05) is 37.4 Å². The van der Waals surface area contributed by atoms with Crippen molar-refractivity contribution >= 4 is 16.9 Å². The summed E-state index contributed by atoms with van der Waals surface area (Å²) in [4.78, 5) is 22.2. The summed E-state index contributed by atoms with van der Waals surface area (Å²) >= 11 is 0. The van der Waals surface area contributed by atoms with Crippen LogP contribution in [0.25, 0.3) is 22.2 Å². The molecule has 1 aliphatic heterocycles. The fourth-order valence-electron chi connectivity index (χ4n) is 3.45. The van der Waals surface area contributed by atoms with Gasteiger partial charge in [-0.05, 0) is 36.8 Å². The van der Waals surface area contributed by atoms with Gasteiger partial charge in [0.15, 0.2) is 0 Å². The summed E-state index contributed by atoms with van der Waals surface area (Å²) < 4.78 is 5.31. The molecule has 26 heavy (non-hydrogen) atoms. The van der Waals surface area contributed by atoms with Crippen molar-refractivity contribution in [1.29, 1.82) is 0 Å². The highest BCUT2D eigenvalue weighted by Crippen LogP contribution is 2.24. The van der Waals surface area contributed by atoms with Gasteiger partial charge in [0.25, 0.3) is 5.91 Å². The average molecular weight is 351 g/mol. The number of aromatic amines is 1. The number of fused-ring (bicyclic) bond motifs is 1. The van der Waals surface area contributed by atoms with Gasteiger partial charge in [-0.2, -0.15) is 0 Å². The molecule has 0 saturated carbocycles. The molecular formula is C20H21N3O3. The Morgan fingerprint density at radius 3 is 2.96 bits per heavy atom. The number of amides is 1. The molecule has 4 rings (SSSR count). The van der Waals surface area contributed by atoms with Gasteiger partial charge in [0.1, 0.15) is 5.65 Å². The van der Waals surface area contributed by atoms with Crippen molar-refractivity contribution in [2.45, 2.75) is 19.1 Å². The van der Waals surface area contributed by atoms with Gasteiger partial charge in [-0.25, -0.2) is 4.98 Å². The van der Waals surface area contributed by atoms with Crippen LogP contribution in [-0.2, 0) is 4.74 Å². The van der Waals surface area contributed by atoms with Crippen LogP contribution in [0.15, 0.2) is 48.8 Å². The Hall–Kier alpha value is -2.70. The third-order valence-corrected chi connectivity index (χ3v) is 4.87. The predicted molar refractivity (Wildman–Crippen MR) is 98.9 cm³/mol. The number of likely N-dealkylation sites (N-methyl/N-ethyl adjacent to an activating group) is 1. The number of benzene rings is 1. The molecule has 3 aromatic rings. The van der Waals surface area contributed by atoms with E-state index in [0.29, 0.717) is 18.7 Å². The van der Waals surface area contributed by atoms with Gasteiger partial charge in [-0.3, -0.25) is 4.79 Å². The second kappa shape index (κ2) is 6.90. The van der Waals surface area contributed by atoms with E-state index in [4.69, 9.17) is 4.74 Å². The quantitative estimate of drug-likeness (QED) is 0.757. The van der Waals surface area contributed by atoms with E-state index in [0.717, 1.165) is 22.2 Å². The highest BCUT2D eigenvalue weighted by molar-refractivity contribution is 5.96. The molecule has 6 heteroatoms. The molecule has 134 valence electrons. The number of nitrogens with zero attached hydrogens (tertiary/aromatic N) is 2. The minimum atomic E-state index is -0.637. The zero-order valence-electron chi connectivity index (χ0n) is 14.6. The van der Waals surface area contributed by atoms with Crippen molar-refractivity contribution < 1.29 is 14.6 Å². The molecule has 2 aromatic heterocycles. The van der Waals surface area contributed by atoms with Gasteiger partial charge in [0, 0.05) is 35.5 Å². The van der Waals surface area contributed by atoms with Crippen LogP contribution in [0.1, 0.15) is 17.3 Å². The lowest BCUT2D eigenvalue weighted by atomic mass is 10.0. The molecule has 0 radical (unpaired) electrons. The minimum Gasteiger partial charge on any atom is -0.388 e. The normalized spacial score (nSPS) is 19.8. The number of hydrogen-bond acceptors (Lipinski definition) is 4. The standard InChI is InChI=1S/C20H21N3O3/c1-2-23(17-11-26-12-18(17)24)20(25)15-5-3-4-13(8-15)16-9-14-6-7-21-19(14)22-10-16/h3-10,17-18,24H,2,11-12H2,1H3,(H,21,22)/t17-,18-/m0/s1. The highest BCUT2D eigenvalue weighted by Gasteiger charge is 2.34. The molecule has 1 aromatic carbocycles. The minimum absolute atomic E-state index is 0.0976. The van der Waals surface area contributed by atoms with Crippen LogP contribution in [0, 0.1) is 0 Å². The fraction of sp³-hybridized carbons (Fsp3) is 0.300. The number of aliphatic hydroxyl groups excluding tert-OH is 1. The lowest BCUT2D eigenvalue weighted by molar-refractivity contribution is 0.0520. The first-order chi connectivity index (χ1) is 12.7. The predicted octanol–water partition coefficient (Wildman–Crippen LogP) is 2.45. The van der Waals surface area contributed by atoms with Crippen LogP contribution in [0.3, 0.4) is 0 Å². The monoisotopic (exact) mass is 351 g/mol. The van der Waals surface area contributed by atoms with Crippen LogP contribution < -0.4 is 0 Å². The van der Waals surface area contributed by atoms with Crippen molar-refractivity contribution in [3.63, 3.8) is 0 Å². The van der Waals surface area contributed by atoms with Gasteiger partial charge in [0.2, 0.25) is 0 Å². The Kier molecular flexibility index (Phi) is 4.44. The maximum absolute atomic E-state index is 13.0. The van der Waals surface area contributed by atoms with Crippen molar-refractivity contribution in [3.05, 3.63) is 54.4 Å². The van der Waals surface area contributed by atoms with E-state index in [1.54, 1.807) is 17.2 Å². The van der Waals surface area contributed by atoms with E-state index >= 15 is 0 Å². The number of hydrogen-bond donors (Lipinski definition) is 2. The molecule has 2 atom stereocenters. The lowest BCUT2D eigenvalue weighted by Crippen LogP contribution is -2.46. The Bertz CT molecular complexity index is 937. The topological polar surface area (TPSA) is 78.5 Å². The zero-order chi connectivity index (χ0) is 18.1. The van der Waals surface area contributed by atoms with Crippen LogP contribution in [-0.4, -0.2) is 57.8 Å². The number of ether oxygens (including phenoxy) is 1. The summed E-state index contributed by atoms with van der Waals surface area (Å²) in [6.07, 6.45) is 3.02. The van der Waals surface area contributed by atoms with Crippen molar-refractivity contribution in [2.75, 3.05) is 19.8 Å². The summed E-state index contributed by atoms with van der Waals surface area (Å²) in [5.74, 6) is -0.0976. The number of pyridine rings is 1. The van der Waals surface area contributed by atoms with E-state index < -0.39 is 6.10 Å². The molecule has 0 spiro atoms. The Morgan fingerprint density at radius 2 is 2.19 bits per heavy atom. The summed E-state index contributed by atoms with van der Waals surface area (Å²) in [6.45, 7) is 3.08. The number of aromatic nitrogens is 2. The summed E-state index contributed by atoms with van der Waals surface area (Å²) in [6, 6.07) is 11.3. The SMILES string of the molecule is CCN(C(=O)c1cccc(-c2cnc3[nH]ccc3c2)c1)[C@H]1COC[C@@H]1O. The van der Waals surface area contributed by atoms with Gasteiger partial charge >= 0.3 is 0 Å². The van der Waals surface area contributed by atoms with Gasteiger partial charge < -0.3 is 19.7 Å². The molecule has 6 nitrogen and oxygen atoms in total. The number of carbonyl (C=O) groups is 1. The van der Waals surface area contributed by atoms with E-state index in [9.17, 15) is 9.90 Å².